The molecule has 3 rings (SSSR count). The van der Waals surface area contributed by atoms with Gasteiger partial charge in [-0.1, -0.05) is 49.7 Å². The lowest BCUT2D eigenvalue weighted by Crippen LogP contribution is -2.50. The van der Waals surface area contributed by atoms with E-state index in [1.165, 1.54) is 16.8 Å². The maximum Gasteiger partial charge on any atom is 0.321 e. The van der Waals surface area contributed by atoms with Gasteiger partial charge in [-0.3, -0.25) is 0 Å². The van der Waals surface area contributed by atoms with E-state index < -0.39 is 0 Å². The van der Waals surface area contributed by atoms with Crippen LogP contribution in [0, 0.1) is 13.8 Å². The summed E-state index contributed by atoms with van der Waals surface area (Å²) in [6.07, 6.45) is 0. The number of benzene rings is 2. The minimum atomic E-state index is 0.00440. The minimum Gasteiger partial charge on any atom is -0.368 e. The highest BCUT2D eigenvalue weighted by molar-refractivity contribution is 5.91. The summed E-state index contributed by atoms with van der Waals surface area (Å²) < 4.78 is 0. The number of piperazine rings is 1. The van der Waals surface area contributed by atoms with Crippen molar-refractivity contribution in [3.05, 3.63) is 59.2 Å². The number of rotatable bonds is 3. The smallest absolute Gasteiger partial charge is 0.321 e. The number of hydrogen-bond acceptors (Lipinski definition) is 2. The second-order valence-electron chi connectivity index (χ2n) is 7.43. The van der Waals surface area contributed by atoms with Gasteiger partial charge in [0, 0.05) is 37.6 Å². The summed E-state index contributed by atoms with van der Waals surface area (Å²) in [5.74, 6) is 0.378. The predicted molar refractivity (Wildman–Crippen MR) is 109 cm³/mol. The topological polar surface area (TPSA) is 35.6 Å². The standard InChI is InChI=1S/C22H29N3O/c1-16(2)20-7-5-6-18(4)21(20)23-22(26)25-14-12-24(13-15-25)19-10-8-17(3)9-11-19/h5-11,16H,12-15H2,1-4H3,(H,23,26). The number of urea groups is 1. The van der Waals surface area contributed by atoms with Gasteiger partial charge >= 0.3 is 6.03 Å². The Balaban J connectivity index is 1.63. The Kier molecular flexibility index (Phi) is 5.50. The second kappa shape index (κ2) is 7.81. The number of amides is 2. The van der Waals surface area contributed by atoms with Gasteiger partial charge in [0.05, 0.1) is 0 Å². The Morgan fingerprint density at radius 2 is 1.62 bits per heavy atom. The lowest BCUT2D eigenvalue weighted by atomic mass is 9.98. The van der Waals surface area contributed by atoms with Crippen LogP contribution in [0.2, 0.25) is 0 Å². The van der Waals surface area contributed by atoms with Crippen molar-refractivity contribution in [2.24, 2.45) is 0 Å². The highest BCUT2D eigenvalue weighted by atomic mass is 16.2. The molecule has 0 saturated carbocycles. The maximum atomic E-state index is 12.8. The molecule has 2 aromatic carbocycles. The van der Waals surface area contributed by atoms with Crippen LogP contribution in [0.1, 0.15) is 36.5 Å². The maximum absolute atomic E-state index is 12.8. The van der Waals surface area contributed by atoms with Crippen molar-refractivity contribution in [2.45, 2.75) is 33.6 Å². The molecular formula is C22H29N3O. The summed E-state index contributed by atoms with van der Waals surface area (Å²) in [5.41, 5.74) is 5.77. The van der Waals surface area contributed by atoms with E-state index in [2.05, 4.69) is 80.4 Å². The average molecular weight is 351 g/mol. The van der Waals surface area contributed by atoms with Crippen molar-refractivity contribution < 1.29 is 4.79 Å². The lowest BCUT2D eigenvalue weighted by Gasteiger charge is -2.36. The molecule has 1 heterocycles. The summed E-state index contributed by atoms with van der Waals surface area (Å²) in [6, 6.07) is 14.8. The van der Waals surface area contributed by atoms with E-state index in [9.17, 15) is 4.79 Å². The van der Waals surface area contributed by atoms with Gasteiger partial charge in [-0.15, -0.1) is 0 Å². The highest BCUT2D eigenvalue weighted by Crippen LogP contribution is 2.28. The Bertz CT molecular complexity index is 759. The SMILES string of the molecule is Cc1ccc(N2CCN(C(=O)Nc3c(C)cccc3C(C)C)CC2)cc1. The van der Waals surface area contributed by atoms with Crippen LogP contribution in [0.25, 0.3) is 0 Å². The molecule has 1 saturated heterocycles. The number of carbonyl (C=O) groups excluding carboxylic acids is 1. The summed E-state index contributed by atoms with van der Waals surface area (Å²) in [6.45, 7) is 11.7. The summed E-state index contributed by atoms with van der Waals surface area (Å²) >= 11 is 0. The van der Waals surface area contributed by atoms with Gasteiger partial charge in [0.15, 0.2) is 0 Å². The number of nitrogens with zero attached hydrogens (tertiary/aromatic N) is 2. The Hall–Kier alpha value is -2.49. The highest BCUT2D eigenvalue weighted by Gasteiger charge is 2.22. The van der Waals surface area contributed by atoms with Crippen molar-refractivity contribution in [2.75, 3.05) is 36.4 Å². The van der Waals surface area contributed by atoms with Gasteiger partial charge in [0.25, 0.3) is 0 Å². The molecule has 0 aromatic heterocycles. The van der Waals surface area contributed by atoms with Crippen LogP contribution in [-0.2, 0) is 0 Å². The molecule has 0 radical (unpaired) electrons. The van der Waals surface area contributed by atoms with Crippen molar-refractivity contribution in [3.8, 4) is 0 Å². The van der Waals surface area contributed by atoms with Gasteiger partial charge in [-0.05, 0) is 43.0 Å². The molecule has 26 heavy (non-hydrogen) atoms. The van der Waals surface area contributed by atoms with Crippen molar-refractivity contribution >= 4 is 17.4 Å². The Morgan fingerprint density at radius 3 is 2.23 bits per heavy atom. The van der Waals surface area contributed by atoms with E-state index >= 15 is 0 Å². The van der Waals surface area contributed by atoms with Crippen LogP contribution in [0.4, 0.5) is 16.2 Å². The molecule has 1 fully saturated rings. The third kappa shape index (κ3) is 4.01. The molecule has 0 bridgehead atoms. The zero-order valence-corrected chi connectivity index (χ0v) is 16.2. The largest absolute Gasteiger partial charge is 0.368 e. The monoisotopic (exact) mass is 351 g/mol. The van der Waals surface area contributed by atoms with Crippen LogP contribution in [-0.4, -0.2) is 37.1 Å². The number of para-hydroxylation sites is 1. The molecule has 0 aliphatic carbocycles. The molecule has 1 aliphatic rings. The van der Waals surface area contributed by atoms with Crippen molar-refractivity contribution in [1.82, 2.24) is 4.90 Å². The molecule has 0 unspecified atom stereocenters. The Labute approximate surface area is 156 Å². The first-order chi connectivity index (χ1) is 12.5. The van der Waals surface area contributed by atoms with Gasteiger partial charge in [-0.2, -0.15) is 0 Å². The average Bonchev–Trinajstić information content (AvgIpc) is 2.64. The third-order valence-electron chi connectivity index (χ3n) is 5.12. The minimum absolute atomic E-state index is 0.00440. The van der Waals surface area contributed by atoms with E-state index in [0.717, 1.165) is 37.4 Å². The quantitative estimate of drug-likeness (QED) is 0.864. The molecule has 4 heteroatoms. The van der Waals surface area contributed by atoms with Crippen LogP contribution < -0.4 is 10.2 Å². The molecule has 1 aliphatic heterocycles. The lowest BCUT2D eigenvalue weighted by molar-refractivity contribution is 0.208. The molecular weight excluding hydrogens is 322 g/mol. The molecule has 0 spiro atoms. The van der Waals surface area contributed by atoms with Gasteiger partial charge < -0.3 is 15.1 Å². The fourth-order valence-electron chi connectivity index (χ4n) is 3.45. The van der Waals surface area contributed by atoms with E-state index in [1.807, 2.05) is 4.90 Å². The number of anilines is 2. The van der Waals surface area contributed by atoms with Crippen LogP contribution in [0.3, 0.4) is 0 Å². The Morgan fingerprint density at radius 1 is 0.962 bits per heavy atom. The first kappa shape index (κ1) is 18.3. The zero-order chi connectivity index (χ0) is 18.7. The van der Waals surface area contributed by atoms with Crippen LogP contribution in [0.15, 0.2) is 42.5 Å². The van der Waals surface area contributed by atoms with Crippen molar-refractivity contribution in [1.29, 1.82) is 0 Å². The van der Waals surface area contributed by atoms with E-state index in [-0.39, 0.29) is 6.03 Å². The predicted octanol–water partition coefficient (Wildman–Crippen LogP) is 4.78. The van der Waals surface area contributed by atoms with Gasteiger partial charge in [0.2, 0.25) is 0 Å². The van der Waals surface area contributed by atoms with Gasteiger partial charge in [0.1, 0.15) is 0 Å². The van der Waals surface area contributed by atoms with Crippen molar-refractivity contribution in [3.63, 3.8) is 0 Å². The molecule has 4 nitrogen and oxygen atoms in total. The fourth-order valence-corrected chi connectivity index (χ4v) is 3.45. The number of hydrogen-bond donors (Lipinski definition) is 1. The van der Waals surface area contributed by atoms with E-state index in [4.69, 9.17) is 0 Å². The molecule has 1 N–H and O–H groups in total. The molecule has 2 amide bonds. The fraction of sp³-hybridized carbons (Fsp3) is 0.409. The van der Waals surface area contributed by atoms with Crippen LogP contribution in [0.5, 0.6) is 0 Å². The first-order valence-corrected chi connectivity index (χ1v) is 9.43. The first-order valence-electron chi connectivity index (χ1n) is 9.43. The normalized spacial score (nSPS) is 14.7. The second-order valence-corrected chi connectivity index (χ2v) is 7.43. The van der Waals surface area contributed by atoms with Gasteiger partial charge in [-0.25, -0.2) is 4.79 Å². The molecule has 2 aromatic rings. The number of nitrogens with one attached hydrogen (secondary N) is 1. The summed E-state index contributed by atoms with van der Waals surface area (Å²) in [5, 5.41) is 3.16. The molecule has 0 atom stereocenters. The zero-order valence-electron chi connectivity index (χ0n) is 16.2. The number of carbonyl (C=O) groups is 1. The summed E-state index contributed by atoms with van der Waals surface area (Å²) in [4.78, 5) is 17.0. The van der Waals surface area contributed by atoms with E-state index in [1.54, 1.807) is 0 Å². The third-order valence-corrected chi connectivity index (χ3v) is 5.12. The number of aryl methyl sites for hydroxylation is 2. The van der Waals surface area contributed by atoms with E-state index in [0.29, 0.717) is 5.92 Å². The van der Waals surface area contributed by atoms with Crippen LogP contribution >= 0.6 is 0 Å². The summed E-state index contributed by atoms with van der Waals surface area (Å²) in [7, 11) is 0. The molecule has 138 valence electrons.